The van der Waals surface area contributed by atoms with Crippen molar-refractivity contribution in [2.45, 2.75) is 19.8 Å². The van der Waals surface area contributed by atoms with Crippen molar-refractivity contribution in [1.29, 1.82) is 0 Å². The zero-order valence-electron chi connectivity index (χ0n) is 9.16. The molecule has 0 aromatic carbocycles. The van der Waals surface area contributed by atoms with Crippen LogP contribution >= 0.6 is 0 Å². The van der Waals surface area contributed by atoms with Crippen molar-refractivity contribution in [3.63, 3.8) is 0 Å². The summed E-state index contributed by atoms with van der Waals surface area (Å²) in [5.41, 5.74) is 0. The molecule has 1 unspecified atom stereocenters. The van der Waals surface area contributed by atoms with E-state index in [-0.39, 0.29) is 24.2 Å². The van der Waals surface area contributed by atoms with Crippen molar-refractivity contribution in [2.75, 3.05) is 26.2 Å². The summed E-state index contributed by atoms with van der Waals surface area (Å²) in [7, 11) is 0. The van der Waals surface area contributed by atoms with E-state index < -0.39 is 0 Å². The van der Waals surface area contributed by atoms with Crippen molar-refractivity contribution in [1.82, 2.24) is 10.2 Å². The van der Waals surface area contributed by atoms with Crippen LogP contribution in [-0.4, -0.2) is 42.8 Å². The van der Waals surface area contributed by atoms with Gasteiger partial charge in [0.2, 0.25) is 5.91 Å². The first kappa shape index (κ1) is 10.6. The van der Waals surface area contributed by atoms with Crippen molar-refractivity contribution in [3.8, 4) is 0 Å². The average molecular weight is 210 g/mol. The van der Waals surface area contributed by atoms with E-state index in [0.29, 0.717) is 5.92 Å². The monoisotopic (exact) mass is 210 g/mol. The molecular weight excluding hydrogens is 192 g/mol. The summed E-state index contributed by atoms with van der Waals surface area (Å²) in [6.45, 7) is 4.86. The fourth-order valence-electron chi connectivity index (χ4n) is 2.67. The first-order valence-corrected chi connectivity index (χ1v) is 5.66. The van der Waals surface area contributed by atoms with Gasteiger partial charge in [-0.3, -0.25) is 9.59 Å². The fraction of sp³-hybridized carbons (Fsp3) is 0.818. The smallest absolute Gasteiger partial charge is 0.217 e. The van der Waals surface area contributed by atoms with E-state index in [1.54, 1.807) is 0 Å². The van der Waals surface area contributed by atoms with Crippen LogP contribution in [0.25, 0.3) is 0 Å². The predicted octanol–water partition coefficient (Wildman–Crippen LogP) is 0.0334. The van der Waals surface area contributed by atoms with Crippen LogP contribution in [0, 0.1) is 11.8 Å². The maximum Gasteiger partial charge on any atom is 0.217 e. The number of fused-ring (bicyclic) bond motifs is 3. The summed E-state index contributed by atoms with van der Waals surface area (Å²) in [6.07, 6.45) is 2.30. The van der Waals surface area contributed by atoms with Gasteiger partial charge in [0.1, 0.15) is 0 Å². The Labute approximate surface area is 90.0 Å². The minimum absolute atomic E-state index is 0.121. The lowest BCUT2D eigenvalue weighted by molar-refractivity contribution is -0.130. The molecule has 3 saturated heterocycles. The van der Waals surface area contributed by atoms with Crippen LogP contribution in [0.4, 0.5) is 0 Å². The second-order valence-corrected chi connectivity index (χ2v) is 4.62. The van der Waals surface area contributed by atoms with Gasteiger partial charge in [-0.25, -0.2) is 0 Å². The molecule has 0 aromatic rings. The van der Waals surface area contributed by atoms with Crippen LogP contribution in [0.5, 0.6) is 0 Å². The molecule has 4 heteroatoms. The molecule has 3 heterocycles. The minimum Gasteiger partial charge on any atom is -0.349 e. The molecule has 1 amide bonds. The van der Waals surface area contributed by atoms with Crippen LogP contribution < -0.4 is 5.32 Å². The maximum absolute atomic E-state index is 11.9. The van der Waals surface area contributed by atoms with E-state index in [1.807, 2.05) is 0 Å². The molecule has 0 spiro atoms. The van der Waals surface area contributed by atoms with Crippen LogP contribution in [0.3, 0.4) is 0 Å². The lowest BCUT2D eigenvalue weighted by atomic mass is 9.77. The van der Waals surface area contributed by atoms with Gasteiger partial charge in [-0.1, -0.05) is 0 Å². The van der Waals surface area contributed by atoms with Crippen LogP contribution in [-0.2, 0) is 9.59 Å². The Balaban J connectivity index is 1.87. The molecule has 3 aliphatic rings. The summed E-state index contributed by atoms with van der Waals surface area (Å²) in [4.78, 5) is 24.9. The van der Waals surface area contributed by atoms with E-state index in [0.717, 1.165) is 32.5 Å². The number of ketones is 1. The van der Waals surface area contributed by atoms with Crippen LogP contribution in [0.1, 0.15) is 19.8 Å². The topological polar surface area (TPSA) is 49.4 Å². The lowest BCUT2D eigenvalue weighted by Crippen LogP contribution is -2.51. The van der Waals surface area contributed by atoms with Gasteiger partial charge in [-0.15, -0.1) is 0 Å². The summed E-state index contributed by atoms with van der Waals surface area (Å²) >= 11 is 0. The van der Waals surface area contributed by atoms with E-state index in [4.69, 9.17) is 0 Å². The quantitative estimate of drug-likeness (QED) is 0.715. The number of nitrogens with one attached hydrogen (secondary N) is 1. The summed E-state index contributed by atoms with van der Waals surface area (Å²) < 4.78 is 0. The highest BCUT2D eigenvalue weighted by Crippen LogP contribution is 2.32. The second-order valence-electron chi connectivity index (χ2n) is 4.62. The number of Topliss-reactive ketones (excluding diaryl/α,β-unsaturated/α-hetero) is 1. The molecule has 3 rings (SSSR count). The van der Waals surface area contributed by atoms with Crippen molar-refractivity contribution in [3.05, 3.63) is 0 Å². The highest BCUT2D eigenvalue weighted by molar-refractivity contribution is 5.87. The Morgan fingerprint density at radius 2 is 2.00 bits per heavy atom. The van der Waals surface area contributed by atoms with Gasteiger partial charge in [0, 0.05) is 19.4 Å². The maximum atomic E-state index is 11.9. The number of hydrogen-bond acceptors (Lipinski definition) is 3. The number of carbonyl (C=O) groups is 2. The highest BCUT2D eigenvalue weighted by Gasteiger charge is 2.37. The largest absolute Gasteiger partial charge is 0.349 e. The van der Waals surface area contributed by atoms with E-state index in [9.17, 15) is 9.59 Å². The Bertz CT molecular complexity index is 270. The van der Waals surface area contributed by atoms with Gasteiger partial charge in [-0.2, -0.15) is 0 Å². The third kappa shape index (κ3) is 2.37. The molecule has 84 valence electrons. The van der Waals surface area contributed by atoms with Gasteiger partial charge in [0.15, 0.2) is 5.78 Å². The molecule has 3 aliphatic heterocycles. The van der Waals surface area contributed by atoms with Gasteiger partial charge >= 0.3 is 0 Å². The van der Waals surface area contributed by atoms with E-state index in [1.165, 1.54) is 6.92 Å². The summed E-state index contributed by atoms with van der Waals surface area (Å²) in [6, 6.07) is 0. The molecule has 2 bridgehead atoms. The molecule has 3 fully saturated rings. The van der Waals surface area contributed by atoms with Gasteiger partial charge in [-0.05, 0) is 31.8 Å². The van der Waals surface area contributed by atoms with Crippen LogP contribution in [0.2, 0.25) is 0 Å². The van der Waals surface area contributed by atoms with Crippen LogP contribution in [0.15, 0.2) is 0 Å². The average Bonchev–Trinajstić information content (AvgIpc) is 2.27. The number of hydrogen-bond donors (Lipinski definition) is 1. The first-order valence-electron chi connectivity index (χ1n) is 5.66. The number of rotatable bonds is 3. The van der Waals surface area contributed by atoms with Gasteiger partial charge in [0.05, 0.1) is 6.54 Å². The zero-order chi connectivity index (χ0) is 10.8. The number of carbonyl (C=O) groups excluding carboxylic acids is 2. The van der Waals surface area contributed by atoms with Crippen molar-refractivity contribution >= 4 is 11.7 Å². The lowest BCUT2D eigenvalue weighted by Gasteiger charge is -2.44. The number of piperidine rings is 3. The molecule has 0 saturated carbocycles. The Hall–Kier alpha value is -0.900. The minimum atomic E-state index is -0.121. The normalized spacial score (nSPS) is 33.8. The van der Waals surface area contributed by atoms with Crippen molar-refractivity contribution in [2.24, 2.45) is 11.8 Å². The Kier molecular flexibility index (Phi) is 3.05. The number of amides is 1. The van der Waals surface area contributed by atoms with Gasteiger partial charge in [0.25, 0.3) is 0 Å². The van der Waals surface area contributed by atoms with E-state index >= 15 is 0 Å². The fourth-order valence-corrected chi connectivity index (χ4v) is 2.67. The first-order chi connectivity index (χ1) is 7.16. The highest BCUT2D eigenvalue weighted by atomic mass is 16.2. The SMILES string of the molecule is CC(=O)NCC(=O)C1CN2CCC1CC2. The standard InChI is InChI=1S/C11H18N2O2/c1-8(14)12-6-11(15)10-7-13-4-2-9(10)3-5-13/h9-10H,2-7H2,1H3,(H,12,14). The molecule has 15 heavy (non-hydrogen) atoms. The molecule has 0 aliphatic carbocycles. The van der Waals surface area contributed by atoms with Gasteiger partial charge < -0.3 is 10.2 Å². The molecule has 4 nitrogen and oxygen atoms in total. The third-order valence-corrected chi connectivity index (χ3v) is 3.58. The molecule has 0 radical (unpaired) electrons. The summed E-state index contributed by atoms with van der Waals surface area (Å²) in [5, 5.41) is 2.60. The Morgan fingerprint density at radius 1 is 1.33 bits per heavy atom. The molecule has 1 atom stereocenters. The summed E-state index contributed by atoms with van der Waals surface area (Å²) in [5.74, 6) is 0.819. The third-order valence-electron chi connectivity index (χ3n) is 3.58. The molecule has 0 aromatic heterocycles. The number of nitrogens with zero attached hydrogens (tertiary/aromatic N) is 1. The Morgan fingerprint density at radius 3 is 2.47 bits per heavy atom. The zero-order valence-corrected chi connectivity index (χ0v) is 9.16. The van der Waals surface area contributed by atoms with Crippen molar-refractivity contribution < 1.29 is 9.59 Å². The second kappa shape index (κ2) is 4.31. The molecular formula is C11H18N2O2. The molecule has 1 N–H and O–H groups in total. The predicted molar refractivity (Wildman–Crippen MR) is 56.3 cm³/mol. The van der Waals surface area contributed by atoms with E-state index in [2.05, 4.69) is 10.2 Å².